The Labute approximate surface area is 112 Å². The average Bonchev–Trinajstić information content (AvgIpc) is 2.37. The number of non-ortho nitro benzene ring substituents is 1. The second-order valence-corrected chi connectivity index (χ2v) is 4.73. The zero-order valence-corrected chi connectivity index (χ0v) is 10.4. The molecule has 0 radical (unpaired) electrons. The van der Waals surface area contributed by atoms with Crippen LogP contribution in [-0.4, -0.2) is 24.2 Å². The van der Waals surface area contributed by atoms with Gasteiger partial charge in [-0.2, -0.15) is 13.2 Å². The third-order valence-corrected chi connectivity index (χ3v) is 3.40. The van der Waals surface area contributed by atoms with Gasteiger partial charge < -0.3 is 4.90 Å². The molecule has 1 aromatic carbocycles. The number of halogens is 4. The molecular weight excluding hydrogens is 280 g/mol. The summed E-state index contributed by atoms with van der Waals surface area (Å²) in [7, 11) is 0. The molecule has 0 aliphatic carbocycles. The van der Waals surface area contributed by atoms with Crippen molar-refractivity contribution in [1.82, 2.24) is 0 Å². The maximum atomic E-state index is 13.3. The molecule has 8 heteroatoms. The molecule has 0 bridgehead atoms. The summed E-state index contributed by atoms with van der Waals surface area (Å²) < 4.78 is 50.9. The Morgan fingerprint density at radius 2 is 1.80 bits per heavy atom. The van der Waals surface area contributed by atoms with Crippen molar-refractivity contribution in [2.75, 3.05) is 18.0 Å². The van der Waals surface area contributed by atoms with Crippen LogP contribution in [-0.2, 0) is 0 Å². The van der Waals surface area contributed by atoms with Crippen LogP contribution in [0.25, 0.3) is 0 Å². The van der Waals surface area contributed by atoms with Gasteiger partial charge in [-0.25, -0.2) is 4.39 Å². The van der Waals surface area contributed by atoms with Gasteiger partial charge in [-0.1, -0.05) is 0 Å². The highest BCUT2D eigenvalue weighted by molar-refractivity contribution is 5.53. The monoisotopic (exact) mass is 292 g/mol. The number of nitrogens with zero attached hydrogens (tertiary/aromatic N) is 2. The van der Waals surface area contributed by atoms with Gasteiger partial charge in [0.05, 0.1) is 16.9 Å². The van der Waals surface area contributed by atoms with Gasteiger partial charge in [0.25, 0.3) is 5.69 Å². The molecule has 0 spiro atoms. The molecule has 2 rings (SSSR count). The Kier molecular flexibility index (Phi) is 3.82. The van der Waals surface area contributed by atoms with Crippen molar-refractivity contribution >= 4 is 11.4 Å². The minimum atomic E-state index is -4.22. The van der Waals surface area contributed by atoms with Crippen molar-refractivity contribution in [2.45, 2.75) is 19.0 Å². The largest absolute Gasteiger partial charge is 0.391 e. The molecule has 0 saturated carbocycles. The molecule has 110 valence electrons. The van der Waals surface area contributed by atoms with E-state index < -0.39 is 28.5 Å². The first-order chi connectivity index (χ1) is 9.27. The van der Waals surface area contributed by atoms with E-state index in [9.17, 15) is 27.7 Å². The van der Waals surface area contributed by atoms with E-state index in [0.29, 0.717) is 0 Å². The summed E-state index contributed by atoms with van der Waals surface area (Å²) in [4.78, 5) is 11.5. The van der Waals surface area contributed by atoms with Crippen LogP contribution >= 0.6 is 0 Å². The Morgan fingerprint density at radius 3 is 2.30 bits per heavy atom. The summed E-state index contributed by atoms with van der Waals surface area (Å²) in [5.74, 6) is -2.13. The van der Waals surface area contributed by atoms with Crippen molar-refractivity contribution in [3.63, 3.8) is 0 Å². The van der Waals surface area contributed by atoms with E-state index in [2.05, 4.69) is 0 Å². The molecule has 0 N–H and O–H groups in total. The fourth-order valence-corrected chi connectivity index (χ4v) is 2.31. The van der Waals surface area contributed by atoms with E-state index in [0.717, 1.165) is 12.1 Å². The van der Waals surface area contributed by atoms with Gasteiger partial charge in [-0.3, -0.25) is 10.1 Å². The van der Waals surface area contributed by atoms with E-state index in [-0.39, 0.29) is 31.6 Å². The van der Waals surface area contributed by atoms with Crippen LogP contribution in [0, 0.1) is 21.8 Å². The quantitative estimate of drug-likeness (QED) is 0.476. The molecule has 0 amide bonds. The summed E-state index contributed by atoms with van der Waals surface area (Å²) >= 11 is 0. The molecule has 1 aliphatic rings. The van der Waals surface area contributed by atoms with Crippen molar-refractivity contribution in [3.8, 4) is 0 Å². The summed E-state index contributed by atoms with van der Waals surface area (Å²) in [5.41, 5.74) is -0.157. The van der Waals surface area contributed by atoms with Crippen LogP contribution in [0.5, 0.6) is 0 Å². The summed E-state index contributed by atoms with van der Waals surface area (Å²) in [6.45, 7) is 0.204. The predicted octanol–water partition coefficient (Wildman–Crippen LogP) is 3.51. The van der Waals surface area contributed by atoms with E-state index in [1.807, 2.05) is 0 Å². The Balaban J connectivity index is 2.13. The number of hydrogen-bond acceptors (Lipinski definition) is 3. The third kappa shape index (κ3) is 3.17. The number of anilines is 1. The van der Waals surface area contributed by atoms with Crippen molar-refractivity contribution in [1.29, 1.82) is 0 Å². The maximum absolute atomic E-state index is 13.3. The normalized spacial score (nSPS) is 17.3. The highest BCUT2D eigenvalue weighted by Crippen LogP contribution is 2.36. The number of piperidine rings is 1. The molecule has 1 heterocycles. The summed E-state index contributed by atoms with van der Waals surface area (Å²) in [6, 6.07) is 3.06. The van der Waals surface area contributed by atoms with Crippen LogP contribution in [0.15, 0.2) is 18.2 Å². The van der Waals surface area contributed by atoms with Crippen LogP contribution in [0.2, 0.25) is 0 Å². The van der Waals surface area contributed by atoms with E-state index in [4.69, 9.17) is 0 Å². The molecule has 1 aliphatic heterocycles. The number of hydrogen-bond donors (Lipinski definition) is 0. The lowest BCUT2D eigenvalue weighted by Gasteiger charge is -2.34. The highest BCUT2D eigenvalue weighted by Gasteiger charge is 2.41. The summed E-state index contributed by atoms with van der Waals surface area (Å²) in [5, 5.41) is 10.6. The Hall–Kier alpha value is -1.86. The second-order valence-electron chi connectivity index (χ2n) is 4.73. The first kappa shape index (κ1) is 14.5. The topological polar surface area (TPSA) is 46.4 Å². The minimum Gasteiger partial charge on any atom is -0.371 e. The van der Waals surface area contributed by atoms with Crippen molar-refractivity contribution in [2.24, 2.45) is 5.92 Å². The van der Waals surface area contributed by atoms with E-state index in [1.54, 1.807) is 4.90 Å². The molecule has 20 heavy (non-hydrogen) atoms. The Bertz CT molecular complexity index is 511. The molecule has 1 aromatic rings. The third-order valence-electron chi connectivity index (χ3n) is 3.40. The second kappa shape index (κ2) is 5.26. The predicted molar refractivity (Wildman–Crippen MR) is 64.0 cm³/mol. The van der Waals surface area contributed by atoms with Gasteiger partial charge in [0, 0.05) is 24.8 Å². The molecule has 4 nitrogen and oxygen atoms in total. The van der Waals surface area contributed by atoms with Crippen molar-refractivity contribution < 1.29 is 22.5 Å². The van der Waals surface area contributed by atoms with Gasteiger partial charge in [-0.05, 0) is 18.9 Å². The first-order valence-corrected chi connectivity index (χ1v) is 6.04. The fourth-order valence-electron chi connectivity index (χ4n) is 2.31. The fraction of sp³-hybridized carbons (Fsp3) is 0.500. The number of nitro groups is 1. The van der Waals surface area contributed by atoms with Crippen LogP contribution < -0.4 is 4.90 Å². The lowest BCUT2D eigenvalue weighted by Crippen LogP contribution is -2.39. The molecule has 1 fully saturated rings. The zero-order chi connectivity index (χ0) is 14.9. The van der Waals surface area contributed by atoms with Crippen LogP contribution in [0.4, 0.5) is 28.9 Å². The highest BCUT2D eigenvalue weighted by atomic mass is 19.4. The van der Waals surface area contributed by atoms with Crippen LogP contribution in [0.1, 0.15) is 12.8 Å². The molecular formula is C12H12F4N2O2. The minimum absolute atomic E-state index is 0.0895. The van der Waals surface area contributed by atoms with Gasteiger partial charge >= 0.3 is 6.18 Å². The molecule has 0 aromatic heterocycles. The number of benzene rings is 1. The standard InChI is InChI=1S/C12H12F4N2O2/c13-9-5-10(7-11(6-9)18(19)20)17-3-1-8(2-4-17)12(14,15)16/h5-8H,1-4H2. The molecule has 0 unspecified atom stereocenters. The average molecular weight is 292 g/mol. The SMILES string of the molecule is O=[N+]([O-])c1cc(F)cc(N2CCC(C(F)(F)F)CC2)c1. The summed E-state index contributed by atoms with van der Waals surface area (Å²) in [6.07, 6.45) is -4.40. The zero-order valence-electron chi connectivity index (χ0n) is 10.4. The first-order valence-electron chi connectivity index (χ1n) is 6.04. The van der Waals surface area contributed by atoms with Crippen LogP contribution in [0.3, 0.4) is 0 Å². The number of nitro benzene ring substituents is 1. The van der Waals surface area contributed by atoms with Gasteiger partial charge in [0.1, 0.15) is 5.82 Å². The smallest absolute Gasteiger partial charge is 0.371 e. The number of alkyl halides is 3. The molecule has 0 atom stereocenters. The molecule has 1 saturated heterocycles. The number of rotatable bonds is 2. The Morgan fingerprint density at radius 1 is 1.20 bits per heavy atom. The lowest BCUT2D eigenvalue weighted by atomic mass is 9.96. The van der Waals surface area contributed by atoms with E-state index >= 15 is 0 Å². The van der Waals surface area contributed by atoms with Crippen molar-refractivity contribution in [3.05, 3.63) is 34.1 Å². The van der Waals surface area contributed by atoms with Gasteiger partial charge in [0.2, 0.25) is 0 Å². The van der Waals surface area contributed by atoms with E-state index in [1.165, 1.54) is 6.07 Å². The van der Waals surface area contributed by atoms with Gasteiger partial charge in [-0.15, -0.1) is 0 Å². The lowest BCUT2D eigenvalue weighted by molar-refractivity contribution is -0.385. The van der Waals surface area contributed by atoms with Gasteiger partial charge in [0.15, 0.2) is 0 Å². The maximum Gasteiger partial charge on any atom is 0.391 e.